The first-order valence-electron chi connectivity index (χ1n) is 9.74. The van der Waals surface area contributed by atoms with E-state index in [-0.39, 0.29) is 0 Å². The van der Waals surface area contributed by atoms with Crippen molar-refractivity contribution in [1.29, 1.82) is 0 Å². The van der Waals surface area contributed by atoms with Crippen molar-refractivity contribution < 1.29 is 0 Å². The van der Waals surface area contributed by atoms with Crippen LogP contribution in [0, 0.1) is 0 Å². The summed E-state index contributed by atoms with van der Waals surface area (Å²) in [6.45, 7) is 4.43. The van der Waals surface area contributed by atoms with E-state index in [4.69, 9.17) is 11.6 Å². The topological polar surface area (TPSA) is 34.0 Å². The Morgan fingerprint density at radius 2 is 1.85 bits per heavy atom. The number of piperidine rings is 1. The highest BCUT2D eigenvalue weighted by Gasteiger charge is 2.28. The summed E-state index contributed by atoms with van der Waals surface area (Å²) in [5, 5.41) is 12.1. The highest BCUT2D eigenvalue weighted by Crippen LogP contribution is 2.35. The predicted octanol–water partition coefficient (Wildman–Crippen LogP) is 4.64. The number of nitrogens with zero attached hydrogens (tertiary/aromatic N) is 4. The van der Waals surface area contributed by atoms with Crippen molar-refractivity contribution in [2.75, 3.05) is 19.6 Å². The molecule has 0 unspecified atom stereocenters. The van der Waals surface area contributed by atoms with E-state index in [1.54, 1.807) is 0 Å². The van der Waals surface area contributed by atoms with Crippen molar-refractivity contribution in [3.05, 3.63) is 57.0 Å². The fourth-order valence-corrected chi connectivity index (χ4v) is 5.33. The van der Waals surface area contributed by atoms with Crippen LogP contribution < -0.4 is 0 Å². The third-order valence-corrected chi connectivity index (χ3v) is 7.14. The molecule has 4 nitrogen and oxygen atoms in total. The molecule has 1 aromatic carbocycles. The zero-order valence-electron chi connectivity index (χ0n) is 15.3. The highest BCUT2D eigenvalue weighted by molar-refractivity contribution is 7.10. The van der Waals surface area contributed by atoms with Crippen LogP contribution in [0.3, 0.4) is 0 Å². The lowest BCUT2D eigenvalue weighted by molar-refractivity contribution is 0.209. The van der Waals surface area contributed by atoms with Gasteiger partial charge in [-0.3, -0.25) is 0 Å². The first-order chi connectivity index (χ1) is 13.3. The molecule has 2 aliphatic heterocycles. The van der Waals surface area contributed by atoms with Crippen LogP contribution in [0.2, 0.25) is 5.02 Å². The van der Waals surface area contributed by atoms with Crippen LogP contribution in [0.15, 0.2) is 35.7 Å². The molecule has 27 heavy (non-hydrogen) atoms. The third kappa shape index (κ3) is 3.44. The smallest absolute Gasteiger partial charge is 0.165 e. The summed E-state index contributed by atoms with van der Waals surface area (Å²) in [7, 11) is 0. The first-order valence-corrected chi connectivity index (χ1v) is 11.0. The summed E-state index contributed by atoms with van der Waals surface area (Å²) in [4.78, 5) is 4.04. The second kappa shape index (κ2) is 7.38. The van der Waals surface area contributed by atoms with Crippen molar-refractivity contribution in [1.82, 2.24) is 19.7 Å². The zero-order chi connectivity index (χ0) is 18.2. The Balaban J connectivity index is 1.21. The van der Waals surface area contributed by atoms with Crippen LogP contribution >= 0.6 is 22.9 Å². The number of halogens is 1. The van der Waals surface area contributed by atoms with Crippen molar-refractivity contribution in [2.45, 2.75) is 38.1 Å². The number of hydrogen-bond donors (Lipinski definition) is 0. The molecule has 3 aromatic rings. The maximum absolute atomic E-state index is 5.97. The molecular formula is C21H23ClN4S. The van der Waals surface area contributed by atoms with E-state index in [9.17, 15) is 0 Å². The predicted molar refractivity (Wildman–Crippen MR) is 111 cm³/mol. The van der Waals surface area contributed by atoms with Crippen molar-refractivity contribution in [2.24, 2.45) is 0 Å². The van der Waals surface area contributed by atoms with E-state index < -0.39 is 0 Å². The second-order valence-electron chi connectivity index (χ2n) is 7.53. The van der Waals surface area contributed by atoms with Gasteiger partial charge in [0.05, 0.1) is 0 Å². The second-order valence-corrected chi connectivity index (χ2v) is 8.97. The molecule has 5 rings (SSSR count). The molecule has 0 spiro atoms. The average Bonchev–Trinajstić information content (AvgIpc) is 3.34. The molecular weight excluding hydrogens is 376 g/mol. The lowest BCUT2D eigenvalue weighted by Crippen LogP contribution is -2.35. The fraction of sp³-hybridized carbons (Fsp3) is 0.429. The van der Waals surface area contributed by atoms with Gasteiger partial charge in [0.15, 0.2) is 5.82 Å². The number of aromatic nitrogens is 3. The largest absolute Gasteiger partial charge is 0.310 e. The molecule has 1 saturated heterocycles. The first kappa shape index (κ1) is 17.4. The fourth-order valence-electron chi connectivity index (χ4n) is 4.34. The van der Waals surface area contributed by atoms with Crippen LogP contribution in [-0.2, 0) is 19.4 Å². The number of rotatable bonds is 4. The molecule has 0 aliphatic carbocycles. The van der Waals surface area contributed by atoms with E-state index in [0.29, 0.717) is 5.92 Å². The average molecular weight is 399 g/mol. The van der Waals surface area contributed by atoms with Gasteiger partial charge >= 0.3 is 0 Å². The minimum Gasteiger partial charge on any atom is -0.310 e. The maximum Gasteiger partial charge on any atom is 0.165 e. The molecule has 1 fully saturated rings. The summed E-state index contributed by atoms with van der Waals surface area (Å²) in [6.07, 6.45) is 4.55. The molecule has 0 amide bonds. The number of hydrogen-bond acceptors (Lipinski definition) is 4. The molecule has 2 aromatic heterocycles. The normalized spacial score (nSPS) is 17.7. The van der Waals surface area contributed by atoms with Gasteiger partial charge < -0.3 is 9.47 Å². The molecule has 0 saturated carbocycles. The lowest BCUT2D eigenvalue weighted by Gasteiger charge is -2.32. The van der Waals surface area contributed by atoms with Crippen LogP contribution in [0.1, 0.15) is 35.0 Å². The van der Waals surface area contributed by atoms with Gasteiger partial charge in [0.25, 0.3) is 0 Å². The number of thiophene rings is 1. The molecule has 6 heteroatoms. The Morgan fingerprint density at radius 3 is 2.67 bits per heavy atom. The summed E-state index contributed by atoms with van der Waals surface area (Å²) >= 11 is 7.82. The zero-order valence-corrected chi connectivity index (χ0v) is 16.8. The molecule has 0 N–H and O–H groups in total. The van der Waals surface area contributed by atoms with Gasteiger partial charge in [-0.25, -0.2) is 0 Å². The van der Waals surface area contributed by atoms with Gasteiger partial charge in [0.1, 0.15) is 5.82 Å². The summed E-state index contributed by atoms with van der Waals surface area (Å²) in [5.74, 6) is 2.83. The Hall–Kier alpha value is -1.69. The minimum atomic E-state index is 0.540. The Labute approximate surface area is 168 Å². The van der Waals surface area contributed by atoms with Crippen molar-refractivity contribution in [3.8, 4) is 11.4 Å². The van der Waals surface area contributed by atoms with Gasteiger partial charge in [-0.1, -0.05) is 23.7 Å². The summed E-state index contributed by atoms with van der Waals surface area (Å²) in [5.41, 5.74) is 2.66. The van der Waals surface area contributed by atoms with Crippen molar-refractivity contribution in [3.63, 3.8) is 0 Å². The van der Waals surface area contributed by atoms with Gasteiger partial charge in [-0.05, 0) is 61.5 Å². The van der Waals surface area contributed by atoms with Crippen LogP contribution in [0.4, 0.5) is 0 Å². The minimum absolute atomic E-state index is 0.540. The SMILES string of the molecule is Clc1ccc(CCN2CCC(c3nnc4n3CCc3sccc3-4)CC2)cc1. The van der Waals surface area contributed by atoms with E-state index in [1.165, 1.54) is 34.7 Å². The molecule has 0 atom stereocenters. The molecule has 140 valence electrons. The Kier molecular flexibility index (Phi) is 4.76. The highest BCUT2D eigenvalue weighted by atomic mass is 35.5. The number of aryl methyl sites for hydroxylation is 1. The number of likely N-dealkylation sites (tertiary alicyclic amines) is 1. The molecule has 0 bridgehead atoms. The van der Waals surface area contributed by atoms with Crippen LogP contribution in [-0.4, -0.2) is 39.3 Å². The van der Waals surface area contributed by atoms with Crippen molar-refractivity contribution >= 4 is 22.9 Å². The van der Waals surface area contributed by atoms with Gasteiger partial charge in [0, 0.05) is 40.9 Å². The van der Waals surface area contributed by atoms with Crippen LogP contribution in [0.5, 0.6) is 0 Å². The quantitative estimate of drug-likeness (QED) is 0.642. The van der Waals surface area contributed by atoms with E-state index in [1.807, 2.05) is 23.5 Å². The Bertz CT molecular complexity index is 922. The van der Waals surface area contributed by atoms with Crippen LogP contribution in [0.25, 0.3) is 11.4 Å². The monoisotopic (exact) mass is 398 g/mol. The molecule has 0 radical (unpaired) electrons. The summed E-state index contributed by atoms with van der Waals surface area (Å²) in [6, 6.07) is 10.4. The number of benzene rings is 1. The van der Waals surface area contributed by atoms with Gasteiger partial charge in [-0.15, -0.1) is 21.5 Å². The summed E-state index contributed by atoms with van der Waals surface area (Å²) < 4.78 is 2.38. The van der Waals surface area contributed by atoms with Gasteiger partial charge in [-0.2, -0.15) is 0 Å². The molecule has 4 heterocycles. The Morgan fingerprint density at radius 1 is 1.04 bits per heavy atom. The third-order valence-electron chi connectivity index (χ3n) is 5.91. The van der Waals surface area contributed by atoms with Gasteiger partial charge in [0.2, 0.25) is 0 Å². The maximum atomic E-state index is 5.97. The van der Waals surface area contributed by atoms with E-state index >= 15 is 0 Å². The lowest BCUT2D eigenvalue weighted by atomic mass is 9.95. The van der Waals surface area contributed by atoms with E-state index in [2.05, 4.69) is 43.2 Å². The number of fused-ring (bicyclic) bond motifs is 3. The van der Waals surface area contributed by atoms with E-state index in [0.717, 1.165) is 49.9 Å². The standard InChI is InChI=1S/C21H23ClN4S/c22-17-3-1-15(2-4-17)5-10-25-11-6-16(7-12-25)20-23-24-21-18-9-14-27-19(18)8-13-26(20)21/h1-4,9,14,16H,5-8,10-13H2. The molecule has 2 aliphatic rings.